The average Bonchev–Trinajstić information content (AvgIpc) is 3.46. The third-order valence-corrected chi connectivity index (χ3v) is 13.1. The Balaban J connectivity index is 1.13. The molecule has 2 aromatic carbocycles. The monoisotopic (exact) mass is 805 g/mol. The maximum Gasteiger partial charge on any atom is 0.410 e. The van der Waals surface area contributed by atoms with Crippen molar-refractivity contribution in [2.45, 2.75) is 118 Å². The number of nitrogens with one attached hydrogen (secondary N) is 3. The van der Waals surface area contributed by atoms with Gasteiger partial charge in [0.2, 0.25) is 11.8 Å². The molecule has 0 aromatic heterocycles. The maximum absolute atomic E-state index is 14.5. The molecule has 3 aliphatic heterocycles. The molecule has 0 unspecified atom stereocenters. The lowest BCUT2D eigenvalue weighted by atomic mass is 10.0. The third-order valence-electron chi connectivity index (χ3n) is 11.8. The van der Waals surface area contributed by atoms with E-state index in [2.05, 4.69) is 15.4 Å². The maximum atomic E-state index is 14.5. The molecule has 0 radical (unpaired) electrons. The highest BCUT2D eigenvalue weighted by atomic mass is 32.2. The highest BCUT2D eigenvalue weighted by Gasteiger charge is 2.61. The van der Waals surface area contributed by atoms with Gasteiger partial charge in [-0.05, 0) is 93.2 Å². The zero-order valence-corrected chi connectivity index (χ0v) is 33.0. The number of nitrogens with zero attached hydrogens (tertiary/aromatic N) is 2. The first-order valence-corrected chi connectivity index (χ1v) is 21.4. The van der Waals surface area contributed by atoms with Crippen LogP contribution in [0.1, 0.15) is 81.8 Å². The molecular formula is C41H51N5O10S. The van der Waals surface area contributed by atoms with Crippen LogP contribution in [0.3, 0.4) is 0 Å². The minimum atomic E-state index is -4.34. The minimum Gasteiger partial charge on any atom is -0.497 e. The summed E-state index contributed by atoms with van der Waals surface area (Å²) in [6.45, 7) is 0.670. The molecule has 3 N–H and O–H groups in total. The van der Waals surface area contributed by atoms with E-state index in [9.17, 15) is 32.4 Å². The fourth-order valence-corrected chi connectivity index (χ4v) is 9.43. The van der Waals surface area contributed by atoms with E-state index in [1.165, 1.54) is 36.3 Å². The molecule has 0 spiro atoms. The molecule has 15 nitrogen and oxygen atoms in total. The lowest BCUT2D eigenvalue weighted by Crippen LogP contribution is -2.58. The summed E-state index contributed by atoms with van der Waals surface area (Å²) in [5.41, 5.74) is 0.544. The lowest BCUT2D eigenvalue weighted by Gasteiger charge is -2.30. The van der Waals surface area contributed by atoms with Gasteiger partial charge in [0.1, 0.15) is 35.6 Å². The number of fused-ring (bicyclic) bond motifs is 3. The summed E-state index contributed by atoms with van der Waals surface area (Å²) in [6, 6.07) is 11.2. The van der Waals surface area contributed by atoms with Gasteiger partial charge >= 0.3 is 12.2 Å². The number of rotatable bonds is 7. The van der Waals surface area contributed by atoms with Crippen molar-refractivity contribution in [2.75, 3.05) is 20.2 Å². The molecule has 3 heterocycles. The molecule has 7 rings (SSSR count). The molecule has 306 valence electrons. The van der Waals surface area contributed by atoms with Crippen LogP contribution in [0.4, 0.5) is 9.59 Å². The molecule has 57 heavy (non-hydrogen) atoms. The van der Waals surface area contributed by atoms with Crippen LogP contribution in [-0.2, 0) is 46.8 Å². The van der Waals surface area contributed by atoms with Gasteiger partial charge in [0, 0.05) is 25.4 Å². The molecule has 5 aliphatic rings. The summed E-state index contributed by atoms with van der Waals surface area (Å²) in [5, 5.41) is 5.60. The summed E-state index contributed by atoms with van der Waals surface area (Å²) in [7, 11) is -2.90. The fraction of sp³-hybridized carbons (Fsp3) is 0.537. The van der Waals surface area contributed by atoms with Gasteiger partial charge in [-0.1, -0.05) is 49.3 Å². The Morgan fingerprint density at radius 3 is 2.39 bits per heavy atom. The summed E-state index contributed by atoms with van der Waals surface area (Å²) < 4.78 is 45.7. The average molecular weight is 806 g/mol. The zero-order chi connectivity index (χ0) is 40.2. The van der Waals surface area contributed by atoms with E-state index < -0.39 is 69.6 Å². The van der Waals surface area contributed by atoms with Crippen LogP contribution in [0.25, 0.3) is 0 Å². The Kier molecular flexibility index (Phi) is 12.1. The Bertz CT molecular complexity index is 1980. The van der Waals surface area contributed by atoms with Crippen LogP contribution in [-0.4, -0.2) is 98.2 Å². The highest BCUT2D eigenvalue weighted by molar-refractivity contribution is 7.90. The van der Waals surface area contributed by atoms with Crippen LogP contribution >= 0.6 is 0 Å². The van der Waals surface area contributed by atoms with Gasteiger partial charge < -0.3 is 34.6 Å². The van der Waals surface area contributed by atoms with Crippen molar-refractivity contribution >= 4 is 39.9 Å². The van der Waals surface area contributed by atoms with Crippen molar-refractivity contribution in [1.29, 1.82) is 0 Å². The Morgan fingerprint density at radius 1 is 0.895 bits per heavy atom. The zero-order valence-electron chi connectivity index (χ0n) is 32.2. The smallest absolute Gasteiger partial charge is 0.410 e. The molecular weight excluding hydrogens is 755 g/mol. The van der Waals surface area contributed by atoms with Gasteiger partial charge in [0.05, 0.1) is 18.6 Å². The van der Waals surface area contributed by atoms with E-state index in [0.717, 1.165) is 49.7 Å². The van der Waals surface area contributed by atoms with Gasteiger partial charge in [0.25, 0.3) is 15.9 Å². The van der Waals surface area contributed by atoms with E-state index in [1.807, 2.05) is 36.4 Å². The van der Waals surface area contributed by atoms with Crippen LogP contribution < -0.4 is 20.1 Å². The van der Waals surface area contributed by atoms with E-state index in [4.69, 9.17) is 14.2 Å². The number of amides is 5. The summed E-state index contributed by atoms with van der Waals surface area (Å²) >= 11 is 0. The van der Waals surface area contributed by atoms with Crippen molar-refractivity contribution in [1.82, 2.24) is 25.2 Å². The minimum absolute atomic E-state index is 0.0741. The lowest BCUT2D eigenvalue weighted by molar-refractivity contribution is -0.141. The number of methoxy groups -OCH3 is 1. The predicted octanol–water partition coefficient (Wildman–Crippen LogP) is 4.10. The van der Waals surface area contributed by atoms with Gasteiger partial charge in [-0.3, -0.25) is 14.4 Å². The van der Waals surface area contributed by atoms with E-state index in [1.54, 1.807) is 4.90 Å². The molecule has 1 saturated heterocycles. The van der Waals surface area contributed by atoms with E-state index in [0.29, 0.717) is 44.5 Å². The number of carbonyl (C=O) groups excluding carboxylic acids is 5. The highest BCUT2D eigenvalue weighted by Crippen LogP contribution is 2.46. The summed E-state index contributed by atoms with van der Waals surface area (Å²) in [4.78, 5) is 72.3. The molecule has 0 bridgehead atoms. The molecule has 3 fully saturated rings. The second-order valence-electron chi connectivity index (χ2n) is 15.6. The van der Waals surface area contributed by atoms with Crippen molar-refractivity contribution in [2.24, 2.45) is 5.92 Å². The van der Waals surface area contributed by atoms with Crippen LogP contribution in [0.15, 0.2) is 65.6 Å². The number of carbonyl (C=O) groups is 5. The number of allylic oxidation sites excluding steroid dienone is 1. The van der Waals surface area contributed by atoms with Gasteiger partial charge in [-0.2, -0.15) is 0 Å². The van der Waals surface area contributed by atoms with Gasteiger partial charge in [-0.25, -0.2) is 22.7 Å². The molecule has 2 aromatic rings. The van der Waals surface area contributed by atoms with Crippen LogP contribution in [0.2, 0.25) is 0 Å². The molecule has 16 heteroatoms. The quantitative estimate of drug-likeness (QED) is 0.344. The predicted molar refractivity (Wildman–Crippen MR) is 206 cm³/mol. The first-order chi connectivity index (χ1) is 27.5. The number of ether oxygens (including phenoxy) is 3. The SMILES string of the molecule is COc1ccc(S(=O)(=O)NC(=O)[C@@]23C[C@@H]2/C=C\CCCCC[C@H](NC(=O)OC2CCCC2)C(=O)N2C[C@H](OC(=O)N4CCc5ccccc5C4)C[C@H]2C(=O)N3)cc1. The number of benzene rings is 2. The normalized spacial score (nSPS) is 27.3. The number of alkyl carbamates (subject to hydrolysis) is 1. The van der Waals surface area contributed by atoms with Crippen molar-refractivity contribution in [3.05, 3.63) is 71.8 Å². The van der Waals surface area contributed by atoms with E-state index in [-0.39, 0.29) is 30.4 Å². The molecule has 2 aliphatic carbocycles. The van der Waals surface area contributed by atoms with Gasteiger partial charge in [-0.15, -0.1) is 0 Å². The first-order valence-electron chi connectivity index (χ1n) is 20.0. The first kappa shape index (κ1) is 40.1. The fourth-order valence-electron chi connectivity index (χ4n) is 8.39. The van der Waals surface area contributed by atoms with Crippen LogP contribution in [0.5, 0.6) is 5.75 Å². The summed E-state index contributed by atoms with van der Waals surface area (Å²) in [6.07, 6.45) is 8.53. The number of sulfonamides is 1. The second-order valence-corrected chi connectivity index (χ2v) is 17.3. The van der Waals surface area contributed by atoms with Gasteiger partial charge in [0.15, 0.2) is 0 Å². The molecule has 5 atom stereocenters. The largest absolute Gasteiger partial charge is 0.497 e. The van der Waals surface area contributed by atoms with E-state index >= 15 is 0 Å². The Morgan fingerprint density at radius 2 is 1.63 bits per heavy atom. The molecule has 2 saturated carbocycles. The molecule has 5 amide bonds. The van der Waals surface area contributed by atoms with Crippen LogP contribution in [0, 0.1) is 5.92 Å². The number of hydrogen-bond donors (Lipinski definition) is 3. The topological polar surface area (TPSA) is 190 Å². The Labute approximate surface area is 332 Å². The van der Waals surface area contributed by atoms with Crippen molar-refractivity contribution < 1.29 is 46.6 Å². The second kappa shape index (κ2) is 17.2. The standard InChI is InChI=1S/C41H51N5O10S/c1-54-30-17-19-33(20-18-30)57(52,53)44-38(49)41-24-29(41)13-5-3-2-4-6-16-34(42-39(50)55-31-14-9-10-15-31)37(48)46-26-32(23-35(46)36(47)43-41)56-40(51)45-22-21-27-11-7-8-12-28(27)25-45/h5,7-8,11-13,17-20,29,31-32,34-35H,2-4,6,9-10,14-16,21-26H2,1H3,(H,42,50)(H,43,47)(H,44,49)/b13-5-/t29-,32+,34-,35-,41+/m0/s1. The Hall–Kier alpha value is -5.12. The van der Waals surface area contributed by atoms with Crippen molar-refractivity contribution in [3.8, 4) is 5.75 Å². The number of hydrogen-bond acceptors (Lipinski definition) is 10. The third kappa shape index (κ3) is 9.21. The summed E-state index contributed by atoms with van der Waals surface area (Å²) in [5.74, 6) is -2.24. The van der Waals surface area contributed by atoms with Crippen molar-refractivity contribution in [3.63, 3.8) is 0 Å².